The summed E-state index contributed by atoms with van der Waals surface area (Å²) in [6, 6.07) is 1.94. The van der Waals surface area contributed by atoms with E-state index < -0.39 is 58.0 Å². The van der Waals surface area contributed by atoms with Gasteiger partial charge < -0.3 is 26.2 Å². The summed E-state index contributed by atoms with van der Waals surface area (Å²) in [5.41, 5.74) is 2.68. The zero-order valence-electron chi connectivity index (χ0n) is 20.5. The van der Waals surface area contributed by atoms with Gasteiger partial charge in [-0.1, -0.05) is 11.8 Å². The smallest absolute Gasteiger partial charge is 0.255 e. The number of carbonyl (C=O) groups is 3. The molecule has 0 aliphatic heterocycles. The van der Waals surface area contributed by atoms with E-state index in [2.05, 4.69) is 11.8 Å². The number of amides is 1. The number of phenolic OH excluding ortho intramolecular Hbond substituents is 1. The third-order valence-electron chi connectivity index (χ3n) is 7.22. The second kappa shape index (κ2) is 8.78. The molecule has 1 aromatic rings. The molecule has 0 unspecified atom stereocenters. The number of hydrogen-bond acceptors (Lipinski definition) is 9. The number of hydrogen-bond donors (Lipinski definition) is 5. The molecular weight excluding hydrogens is 466 g/mol. The van der Waals surface area contributed by atoms with Crippen molar-refractivity contribution in [2.75, 3.05) is 34.7 Å². The topological polar surface area (TPSA) is 165 Å². The highest BCUT2D eigenvalue weighted by Gasteiger charge is 2.63. The number of primary amides is 1. The van der Waals surface area contributed by atoms with Crippen LogP contribution < -0.4 is 5.73 Å². The van der Waals surface area contributed by atoms with Gasteiger partial charge in [-0.15, -0.1) is 0 Å². The molecular formula is C26H29N3O7. The number of allylic oxidation sites excluding steroid dienone is 1. The molecule has 190 valence electrons. The number of phenols is 1. The lowest BCUT2D eigenvalue weighted by molar-refractivity contribution is -0.148. The molecule has 0 aromatic heterocycles. The number of carbonyl (C=O) groups excluding carboxylic acids is 3. The molecule has 3 aliphatic carbocycles. The predicted octanol–water partition coefficient (Wildman–Crippen LogP) is 0.0337. The van der Waals surface area contributed by atoms with Crippen molar-refractivity contribution in [3.63, 3.8) is 0 Å². The first-order valence-electron chi connectivity index (χ1n) is 11.5. The summed E-state index contributed by atoms with van der Waals surface area (Å²) in [6.07, 6.45) is 0.237. The van der Waals surface area contributed by atoms with Crippen LogP contribution in [0.5, 0.6) is 5.75 Å². The first-order valence-corrected chi connectivity index (χ1v) is 11.5. The van der Waals surface area contributed by atoms with Gasteiger partial charge in [-0.2, -0.15) is 0 Å². The van der Waals surface area contributed by atoms with Gasteiger partial charge in [-0.3, -0.25) is 24.2 Å². The van der Waals surface area contributed by atoms with Gasteiger partial charge in [0.25, 0.3) is 5.91 Å². The van der Waals surface area contributed by atoms with Crippen molar-refractivity contribution in [3.05, 3.63) is 51.5 Å². The summed E-state index contributed by atoms with van der Waals surface area (Å²) in [7, 11) is 6.91. The van der Waals surface area contributed by atoms with Crippen LogP contribution in [0, 0.1) is 23.7 Å². The van der Waals surface area contributed by atoms with E-state index in [4.69, 9.17) is 5.73 Å². The quantitative estimate of drug-likeness (QED) is 0.287. The summed E-state index contributed by atoms with van der Waals surface area (Å²) in [5.74, 6) is -0.678. The molecule has 10 heteroatoms. The number of ketones is 2. The van der Waals surface area contributed by atoms with Gasteiger partial charge in [-0.05, 0) is 64.6 Å². The van der Waals surface area contributed by atoms with Crippen LogP contribution in [-0.2, 0) is 16.0 Å². The Morgan fingerprint density at radius 2 is 1.83 bits per heavy atom. The standard InChI is InChI=1S/C26H29N3O7/c1-28(2)9-5-6-12-7-8-16(30)18-14(12)10-13-11-15-20(29(3)4)22(32)19(25(27)35)24(34)26(15,36)23(33)17(13)21(18)31/h7-8,13,15,20,30,32-33,36H,9-11H2,1-4H3,(H2,27,35)/t13-,15-,20-,26-/m1/s1. The zero-order chi connectivity index (χ0) is 26.7. The van der Waals surface area contributed by atoms with E-state index in [1.807, 2.05) is 19.0 Å². The number of aromatic hydroxyl groups is 1. The molecule has 10 nitrogen and oxygen atoms in total. The average Bonchev–Trinajstić information content (AvgIpc) is 2.77. The maximum Gasteiger partial charge on any atom is 0.255 e. The normalized spacial score (nSPS) is 27.5. The van der Waals surface area contributed by atoms with E-state index in [1.54, 1.807) is 20.2 Å². The minimum Gasteiger partial charge on any atom is -0.510 e. The lowest BCUT2D eigenvalue weighted by atomic mass is 9.58. The molecule has 0 saturated heterocycles. The summed E-state index contributed by atoms with van der Waals surface area (Å²) >= 11 is 0. The molecule has 1 aromatic carbocycles. The Hall–Kier alpha value is -3.65. The number of benzene rings is 1. The maximum absolute atomic E-state index is 13.6. The minimum atomic E-state index is -2.65. The number of aliphatic hydroxyl groups is 3. The number of nitrogens with two attached hydrogens (primary N) is 1. The zero-order valence-corrected chi connectivity index (χ0v) is 20.5. The van der Waals surface area contributed by atoms with Crippen LogP contribution in [0.3, 0.4) is 0 Å². The number of likely N-dealkylation sites (N-methyl/N-ethyl adjacent to an activating group) is 1. The molecule has 0 radical (unpaired) electrons. The fourth-order valence-corrected chi connectivity index (χ4v) is 5.66. The summed E-state index contributed by atoms with van der Waals surface area (Å²) in [4.78, 5) is 42.3. The number of fused-ring (bicyclic) bond motifs is 3. The Kier molecular flexibility index (Phi) is 6.21. The van der Waals surface area contributed by atoms with Gasteiger partial charge in [0.05, 0.1) is 18.2 Å². The fraction of sp³-hybridized carbons (Fsp3) is 0.423. The number of Topliss-reactive ketones (excluding diaryl/α,β-unsaturated/α-hetero) is 2. The lowest BCUT2D eigenvalue weighted by Crippen LogP contribution is -2.63. The maximum atomic E-state index is 13.6. The molecule has 0 bridgehead atoms. The van der Waals surface area contributed by atoms with Gasteiger partial charge in [-0.25, -0.2) is 0 Å². The van der Waals surface area contributed by atoms with Crippen LogP contribution in [0.1, 0.15) is 27.9 Å². The van der Waals surface area contributed by atoms with Crippen LogP contribution in [0.25, 0.3) is 0 Å². The summed E-state index contributed by atoms with van der Waals surface area (Å²) < 4.78 is 0. The second-order valence-corrected chi connectivity index (χ2v) is 9.99. The molecule has 0 spiro atoms. The number of aliphatic hydroxyl groups excluding tert-OH is 2. The van der Waals surface area contributed by atoms with Crippen LogP contribution >= 0.6 is 0 Å². The lowest BCUT2D eigenvalue weighted by Gasteiger charge is -2.50. The van der Waals surface area contributed by atoms with E-state index >= 15 is 0 Å². The number of nitrogens with zero attached hydrogens (tertiary/aromatic N) is 2. The van der Waals surface area contributed by atoms with Gasteiger partial charge >= 0.3 is 0 Å². The van der Waals surface area contributed by atoms with E-state index in [9.17, 15) is 34.8 Å². The van der Waals surface area contributed by atoms with Gasteiger partial charge in [0.15, 0.2) is 11.4 Å². The van der Waals surface area contributed by atoms with Crippen LogP contribution in [-0.4, -0.2) is 94.1 Å². The van der Waals surface area contributed by atoms with Crippen LogP contribution in [0.2, 0.25) is 0 Å². The van der Waals surface area contributed by atoms with E-state index in [-0.39, 0.29) is 29.7 Å². The molecule has 0 saturated carbocycles. The monoisotopic (exact) mass is 495 g/mol. The SMILES string of the molecule is CN(C)CC#Cc1ccc(O)c2c1C[C@@H]1C[C@@H]3[C@@H](N(C)C)C(O)=C(C(N)=O)C(=O)[C@]3(O)C(O)=C1C2=O. The van der Waals surface area contributed by atoms with E-state index in [0.717, 1.165) is 0 Å². The third-order valence-corrected chi connectivity index (χ3v) is 7.22. The molecule has 0 heterocycles. The third kappa shape index (κ3) is 3.59. The highest BCUT2D eigenvalue weighted by molar-refractivity contribution is 6.24. The average molecular weight is 496 g/mol. The molecule has 4 rings (SSSR count). The minimum absolute atomic E-state index is 0.0337. The Labute approximate surface area is 208 Å². The number of rotatable bonds is 3. The van der Waals surface area contributed by atoms with Crippen molar-refractivity contribution in [3.8, 4) is 17.6 Å². The van der Waals surface area contributed by atoms with Crippen molar-refractivity contribution < 1.29 is 34.8 Å². The molecule has 1 amide bonds. The van der Waals surface area contributed by atoms with Crippen molar-refractivity contribution in [2.45, 2.75) is 24.5 Å². The molecule has 0 fully saturated rings. The first kappa shape index (κ1) is 25.4. The second-order valence-electron chi connectivity index (χ2n) is 9.99. The highest BCUT2D eigenvalue weighted by Crippen LogP contribution is 2.52. The van der Waals surface area contributed by atoms with Crippen LogP contribution in [0.4, 0.5) is 0 Å². The summed E-state index contributed by atoms with van der Waals surface area (Å²) in [5, 5.41) is 44.2. The largest absolute Gasteiger partial charge is 0.510 e. The highest BCUT2D eigenvalue weighted by atomic mass is 16.3. The van der Waals surface area contributed by atoms with Crippen LogP contribution in [0.15, 0.2) is 34.8 Å². The first-order chi connectivity index (χ1) is 16.8. The molecule has 6 N–H and O–H groups in total. The molecule has 36 heavy (non-hydrogen) atoms. The Balaban J connectivity index is 1.91. The molecule has 3 aliphatic rings. The van der Waals surface area contributed by atoms with Crippen molar-refractivity contribution in [1.82, 2.24) is 9.80 Å². The Morgan fingerprint density at radius 3 is 2.42 bits per heavy atom. The van der Waals surface area contributed by atoms with E-state index in [1.165, 1.54) is 11.0 Å². The predicted molar refractivity (Wildman–Crippen MR) is 129 cm³/mol. The van der Waals surface area contributed by atoms with E-state index in [0.29, 0.717) is 17.7 Å². The Bertz CT molecular complexity index is 1310. The van der Waals surface area contributed by atoms with Crippen molar-refractivity contribution >= 4 is 17.5 Å². The Morgan fingerprint density at radius 1 is 1.17 bits per heavy atom. The van der Waals surface area contributed by atoms with Gasteiger partial charge in [0.1, 0.15) is 22.8 Å². The summed E-state index contributed by atoms with van der Waals surface area (Å²) in [6.45, 7) is 0.481. The van der Waals surface area contributed by atoms with Gasteiger partial charge in [0.2, 0.25) is 5.78 Å². The van der Waals surface area contributed by atoms with Gasteiger partial charge in [0, 0.05) is 17.1 Å². The van der Waals surface area contributed by atoms with Crippen molar-refractivity contribution in [1.29, 1.82) is 0 Å². The van der Waals surface area contributed by atoms with Crippen molar-refractivity contribution in [2.24, 2.45) is 17.6 Å². The molecule has 4 atom stereocenters. The fourth-order valence-electron chi connectivity index (χ4n) is 5.66.